The highest BCUT2D eigenvalue weighted by atomic mass is 35.5. The fourth-order valence-corrected chi connectivity index (χ4v) is 1.91. The lowest BCUT2D eigenvalue weighted by Gasteiger charge is -2.05. The Morgan fingerprint density at radius 1 is 1.29 bits per heavy atom. The Labute approximate surface area is 103 Å². The van der Waals surface area contributed by atoms with Crippen LogP contribution in [0.3, 0.4) is 0 Å². The first-order chi connectivity index (χ1) is 8.33. The molecule has 0 spiro atoms. The van der Waals surface area contributed by atoms with Gasteiger partial charge in [0.15, 0.2) is 5.22 Å². The van der Waals surface area contributed by atoms with Crippen molar-refractivity contribution in [2.45, 2.75) is 6.54 Å². The van der Waals surface area contributed by atoms with Crippen LogP contribution >= 0.6 is 11.6 Å². The third kappa shape index (κ3) is 1.99. The number of nitrogens with zero attached hydrogens (tertiary/aromatic N) is 1. The lowest BCUT2D eigenvalue weighted by atomic mass is 10.2. The SMILES string of the molecule is Clc1ccc(CNc2cccc3[nH]ncc23)o1. The normalized spacial score (nSPS) is 10.9. The molecule has 2 heterocycles. The van der Waals surface area contributed by atoms with Crippen LogP contribution in [0.2, 0.25) is 5.22 Å². The third-order valence-corrected chi connectivity index (χ3v) is 2.77. The molecule has 5 heteroatoms. The number of aromatic amines is 1. The van der Waals surface area contributed by atoms with Gasteiger partial charge in [-0.25, -0.2) is 0 Å². The highest BCUT2D eigenvalue weighted by Gasteiger charge is 2.03. The van der Waals surface area contributed by atoms with Crippen molar-refractivity contribution in [3.63, 3.8) is 0 Å². The van der Waals surface area contributed by atoms with Crippen LogP contribution in [-0.2, 0) is 6.54 Å². The number of furan rings is 1. The van der Waals surface area contributed by atoms with E-state index < -0.39 is 0 Å². The molecule has 4 nitrogen and oxygen atoms in total. The van der Waals surface area contributed by atoms with E-state index in [4.69, 9.17) is 16.0 Å². The van der Waals surface area contributed by atoms with E-state index in [9.17, 15) is 0 Å². The van der Waals surface area contributed by atoms with Gasteiger partial charge in [0.25, 0.3) is 0 Å². The van der Waals surface area contributed by atoms with Gasteiger partial charge in [-0.2, -0.15) is 5.10 Å². The maximum atomic E-state index is 5.71. The topological polar surface area (TPSA) is 53.9 Å². The molecule has 0 aliphatic rings. The first-order valence-corrected chi connectivity index (χ1v) is 5.61. The van der Waals surface area contributed by atoms with Crippen molar-refractivity contribution in [3.8, 4) is 0 Å². The Morgan fingerprint density at radius 2 is 2.24 bits per heavy atom. The zero-order valence-electron chi connectivity index (χ0n) is 8.90. The van der Waals surface area contributed by atoms with Gasteiger partial charge in [-0.05, 0) is 35.9 Å². The Hall–Kier alpha value is -1.94. The fraction of sp³-hybridized carbons (Fsp3) is 0.0833. The molecule has 0 saturated heterocycles. The van der Waals surface area contributed by atoms with E-state index >= 15 is 0 Å². The second-order valence-electron chi connectivity index (χ2n) is 3.70. The molecule has 2 aromatic heterocycles. The predicted molar refractivity (Wildman–Crippen MR) is 67.1 cm³/mol. The number of rotatable bonds is 3. The van der Waals surface area contributed by atoms with E-state index in [1.54, 1.807) is 12.3 Å². The Bertz CT molecular complexity index is 644. The van der Waals surface area contributed by atoms with Crippen LogP contribution in [-0.4, -0.2) is 10.2 Å². The van der Waals surface area contributed by atoms with Gasteiger partial charge in [0.1, 0.15) is 5.76 Å². The summed E-state index contributed by atoms with van der Waals surface area (Å²) in [6.07, 6.45) is 1.80. The summed E-state index contributed by atoms with van der Waals surface area (Å²) in [5.74, 6) is 0.801. The van der Waals surface area contributed by atoms with Crippen molar-refractivity contribution in [1.82, 2.24) is 10.2 Å². The maximum Gasteiger partial charge on any atom is 0.193 e. The average molecular weight is 248 g/mol. The Morgan fingerprint density at radius 3 is 3.06 bits per heavy atom. The molecule has 0 amide bonds. The molecule has 0 bridgehead atoms. The molecule has 0 saturated carbocycles. The van der Waals surface area contributed by atoms with Gasteiger partial charge in [0, 0.05) is 11.1 Å². The van der Waals surface area contributed by atoms with E-state index in [1.807, 2.05) is 24.3 Å². The standard InChI is InChI=1S/C12H10ClN3O/c13-12-5-4-8(17-12)6-14-10-2-1-3-11-9(10)7-15-16-11/h1-5,7,14H,6H2,(H,15,16). The molecule has 0 atom stereocenters. The van der Waals surface area contributed by atoms with Crippen molar-refractivity contribution in [1.29, 1.82) is 0 Å². The van der Waals surface area contributed by atoms with Crippen molar-refractivity contribution in [3.05, 3.63) is 47.5 Å². The van der Waals surface area contributed by atoms with E-state index in [1.165, 1.54) is 0 Å². The molecule has 0 fully saturated rings. The zero-order valence-corrected chi connectivity index (χ0v) is 9.66. The minimum atomic E-state index is 0.406. The number of hydrogen-bond donors (Lipinski definition) is 2. The summed E-state index contributed by atoms with van der Waals surface area (Å²) in [4.78, 5) is 0. The van der Waals surface area contributed by atoms with Gasteiger partial charge in [-0.1, -0.05) is 6.07 Å². The molecule has 0 aliphatic heterocycles. The van der Waals surface area contributed by atoms with Gasteiger partial charge in [0.05, 0.1) is 18.3 Å². The zero-order chi connectivity index (χ0) is 11.7. The first-order valence-electron chi connectivity index (χ1n) is 5.23. The molecule has 3 rings (SSSR count). The molecule has 3 aromatic rings. The lowest BCUT2D eigenvalue weighted by molar-refractivity contribution is 0.520. The van der Waals surface area contributed by atoms with Crippen LogP contribution in [0.15, 0.2) is 40.9 Å². The summed E-state index contributed by atoms with van der Waals surface area (Å²) in [5.41, 5.74) is 2.02. The highest BCUT2D eigenvalue weighted by molar-refractivity contribution is 6.28. The maximum absolute atomic E-state index is 5.71. The monoisotopic (exact) mass is 247 g/mol. The van der Waals surface area contributed by atoms with Gasteiger partial charge >= 0.3 is 0 Å². The number of hydrogen-bond acceptors (Lipinski definition) is 3. The van der Waals surface area contributed by atoms with E-state index in [2.05, 4.69) is 15.5 Å². The second-order valence-corrected chi connectivity index (χ2v) is 4.07. The number of nitrogens with one attached hydrogen (secondary N) is 2. The summed E-state index contributed by atoms with van der Waals surface area (Å²) in [6.45, 7) is 0.594. The molecule has 17 heavy (non-hydrogen) atoms. The quantitative estimate of drug-likeness (QED) is 0.746. The first kappa shape index (κ1) is 10.2. The molecule has 0 unspecified atom stereocenters. The number of benzene rings is 1. The van der Waals surface area contributed by atoms with Gasteiger partial charge in [-0.15, -0.1) is 0 Å². The largest absolute Gasteiger partial charge is 0.448 e. The van der Waals surface area contributed by atoms with Crippen molar-refractivity contribution in [2.75, 3.05) is 5.32 Å². The minimum absolute atomic E-state index is 0.406. The van der Waals surface area contributed by atoms with Crippen LogP contribution in [0, 0.1) is 0 Å². The van der Waals surface area contributed by atoms with Gasteiger partial charge in [-0.3, -0.25) is 5.10 Å². The Balaban J connectivity index is 1.83. The van der Waals surface area contributed by atoms with Crippen LogP contribution < -0.4 is 5.32 Å². The van der Waals surface area contributed by atoms with E-state index in [0.717, 1.165) is 22.4 Å². The summed E-state index contributed by atoms with van der Waals surface area (Å²) in [6, 6.07) is 9.54. The van der Waals surface area contributed by atoms with E-state index in [-0.39, 0.29) is 0 Å². The number of anilines is 1. The van der Waals surface area contributed by atoms with Gasteiger partial charge < -0.3 is 9.73 Å². The molecule has 2 N–H and O–H groups in total. The summed E-state index contributed by atoms with van der Waals surface area (Å²) >= 11 is 5.71. The Kier molecular flexibility index (Phi) is 2.49. The molecular weight excluding hydrogens is 238 g/mol. The summed E-state index contributed by atoms with van der Waals surface area (Å²) < 4.78 is 5.28. The molecule has 86 valence electrons. The summed E-state index contributed by atoms with van der Waals surface area (Å²) in [5, 5.41) is 11.7. The van der Waals surface area contributed by atoms with Crippen LogP contribution in [0.4, 0.5) is 5.69 Å². The van der Waals surface area contributed by atoms with Crippen molar-refractivity contribution < 1.29 is 4.42 Å². The fourth-order valence-electron chi connectivity index (χ4n) is 1.75. The molecular formula is C12H10ClN3O. The van der Waals surface area contributed by atoms with Crippen LogP contribution in [0.25, 0.3) is 10.9 Å². The third-order valence-electron chi connectivity index (χ3n) is 2.57. The van der Waals surface area contributed by atoms with Crippen molar-refractivity contribution >= 4 is 28.2 Å². The van der Waals surface area contributed by atoms with Crippen LogP contribution in [0.5, 0.6) is 0 Å². The molecule has 0 radical (unpaired) electrons. The molecule has 1 aromatic carbocycles. The number of H-pyrrole nitrogens is 1. The van der Waals surface area contributed by atoms with E-state index in [0.29, 0.717) is 11.8 Å². The molecule has 0 aliphatic carbocycles. The van der Waals surface area contributed by atoms with Crippen LogP contribution in [0.1, 0.15) is 5.76 Å². The van der Waals surface area contributed by atoms with Gasteiger partial charge in [0.2, 0.25) is 0 Å². The second kappa shape index (κ2) is 4.14. The minimum Gasteiger partial charge on any atom is -0.448 e. The number of aromatic nitrogens is 2. The van der Waals surface area contributed by atoms with Crippen molar-refractivity contribution in [2.24, 2.45) is 0 Å². The predicted octanol–water partition coefficient (Wildman–Crippen LogP) is 3.42. The lowest BCUT2D eigenvalue weighted by Crippen LogP contribution is -1.98. The average Bonchev–Trinajstić information content (AvgIpc) is 2.94. The highest BCUT2D eigenvalue weighted by Crippen LogP contribution is 2.22. The summed E-state index contributed by atoms with van der Waals surface area (Å²) in [7, 11) is 0. The number of fused-ring (bicyclic) bond motifs is 1. The number of halogens is 1. The smallest absolute Gasteiger partial charge is 0.193 e.